The van der Waals surface area contributed by atoms with Crippen molar-refractivity contribution in [2.45, 2.75) is 51.0 Å². The molecule has 5 heteroatoms. The first-order chi connectivity index (χ1) is 16.1. The molecule has 0 radical (unpaired) electrons. The lowest BCUT2D eigenvalue weighted by molar-refractivity contribution is -0.253. The number of nitrogens with two attached hydrogens (primary N) is 1. The van der Waals surface area contributed by atoms with Crippen molar-refractivity contribution in [3.63, 3.8) is 0 Å². The third-order valence-corrected chi connectivity index (χ3v) is 6.54. The normalized spacial score (nSPS) is 21.8. The molecule has 1 heterocycles. The minimum absolute atomic E-state index is 0.0108. The van der Waals surface area contributed by atoms with Crippen LogP contribution in [0.2, 0.25) is 0 Å². The molecular weight excluding hydrogens is 412 g/mol. The van der Waals surface area contributed by atoms with Crippen LogP contribution in [0.5, 0.6) is 0 Å². The summed E-state index contributed by atoms with van der Waals surface area (Å²) in [5, 5.41) is 9.39. The molecule has 1 saturated heterocycles. The fraction of sp³-hybridized carbons (Fsp3) is 0.357. The minimum Gasteiger partial charge on any atom is -0.392 e. The van der Waals surface area contributed by atoms with Gasteiger partial charge < -0.3 is 20.3 Å². The Bertz CT molecular complexity index is 936. The highest BCUT2D eigenvalue weighted by atomic mass is 16.7. The number of rotatable bonds is 8. The largest absolute Gasteiger partial charge is 0.392 e. The monoisotopic (exact) mass is 446 g/mol. The molecular formula is C28H34N2O3. The van der Waals surface area contributed by atoms with Crippen molar-refractivity contribution < 1.29 is 14.6 Å². The van der Waals surface area contributed by atoms with Crippen molar-refractivity contribution in [2.24, 2.45) is 5.73 Å². The van der Waals surface area contributed by atoms with Crippen LogP contribution >= 0.6 is 0 Å². The van der Waals surface area contributed by atoms with Crippen LogP contribution < -0.4 is 5.73 Å². The van der Waals surface area contributed by atoms with Gasteiger partial charge in [0.2, 0.25) is 0 Å². The predicted molar refractivity (Wildman–Crippen MR) is 130 cm³/mol. The highest BCUT2D eigenvalue weighted by molar-refractivity contribution is 5.26. The average Bonchev–Trinajstić information content (AvgIpc) is 2.88. The molecule has 1 aliphatic heterocycles. The van der Waals surface area contributed by atoms with E-state index in [-0.39, 0.29) is 24.9 Å². The zero-order valence-electron chi connectivity index (χ0n) is 19.4. The van der Waals surface area contributed by atoms with Gasteiger partial charge in [-0.05, 0) is 36.2 Å². The molecule has 0 unspecified atom stereocenters. The van der Waals surface area contributed by atoms with Crippen molar-refractivity contribution >= 4 is 0 Å². The van der Waals surface area contributed by atoms with Crippen LogP contribution in [0.25, 0.3) is 0 Å². The molecule has 4 rings (SSSR count). The lowest BCUT2D eigenvalue weighted by atomic mass is 9.99. The van der Waals surface area contributed by atoms with Gasteiger partial charge in [-0.2, -0.15) is 0 Å². The standard InChI is InChI=1S/C28H34N2O3/c1-20(23-6-4-3-5-7-23)30(2)18-26-16-27(24-12-10-22(19-31)11-13-24)33-28(32-26)25-14-8-21(17-29)9-15-25/h3-15,20,26-28,31H,16-19,29H2,1-2H3/t20-,26+,27-,28-/m0/s1. The van der Waals surface area contributed by atoms with E-state index in [1.807, 2.05) is 54.6 Å². The first-order valence-electron chi connectivity index (χ1n) is 11.6. The van der Waals surface area contributed by atoms with Crippen LogP contribution in [-0.4, -0.2) is 29.7 Å². The summed E-state index contributed by atoms with van der Waals surface area (Å²) in [4.78, 5) is 2.34. The topological polar surface area (TPSA) is 68.0 Å². The molecule has 0 amide bonds. The highest BCUT2D eigenvalue weighted by Crippen LogP contribution is 2.38. The Morgan fingerprint density at radius 1 is 0.909 bits per heavy atom. The van der Waals surface area contributed by atoms with Gasteiger partial charge in [-0.3, -0.25) is 4.90 Å². The van der Waals surface area contributed by atoms with E-state index in [9.17, 15) is 5.11 Å². The van der Waals surface area contributed by atoms with Gasteiger partial charge in [-0.15, -0.1) is 0 Å². The van der Waals surface area contributed by atoms with Gasteiger partial charge in [-0.25, -0.2) is 0 Å². The molecule has 0 bridgehead atoms. The van der Waals surface area contributed by atoms with Gasteiger partial charge in [0.15, 0.2) is 6.29 Å². The Hall–Kier alpha value is -2.54. The zero-order chi connectivity index (χ0) is 23.2. The molecule has 4 atom stereocenters. The van der Waals surface area contributed by atoms with E-state index in [1.54, 1.807) is 0 Å². The van der Waals surface area contributed by atoms with Crippen LogP contribution in [-0.2, 0) is 22.6 Å². The lowest BCUT2D eigenvalue weighted by Crippen LogP contribution is -2.38. The van der Waals surface area contributed by atoms with Gasteiger partial charge in [0.25, 0.3) is 0 Å². The van der Waals surface area contributed by atoms with E-state index < -0.39 is 6.29 Å². The number of ether oxygens (including phenoxy) is 2. The van der Waals surface area contributed by atoms with Crippen molar-refractivity contribution in [3.8, 4) is 0 Å². The van der Waals surface area contributed by atoms with Crippen molar-refractivity contribution in [1.82, 2.24) is 4.90 Å². The van der Waals surface area contributed by atoms with Crippen LogP contribution in [0.4, 0.5) is 0 Å². The molecule has 0 saturated carbocycles. The van der Waals surface area contributed by atoms with Crippen molar-refractivity contribution in [2.75, 3.05) is 13.6 Å². The van der Waals surface area contributed by atoms with Crippen LogP contribution in [0.3, 0.4) is 0 Å². The first-order valence-corrected chi connectivity index (χ1v) is 11.6. The quantitative estimate of drug-likeness (QED) is 0.516. The number of hydrogen-bond donors (Lipinski definition) is 2. The molecule has 5 nitrogen and oxygen atoms in total. The van der Waals surface area contributed by atoms with E-state index in [0.717, 1.165) is 35.2 Å². The number of benzene rings is 3. The highest BCUT2D eigenvalue weighted by Gasteiger charge is 2.33. The lowest BCUT2D eigenvalue weighted by Gasteiger charge is -2.39. The second kappa shape index (κ2) is 11.1. The van der Waals surface area contributed by atoms with Crippen LogP contribution in [0.15, 0.2) is 78.9 Å². The fourth-order valence-corrected chi connectivity index (χ4v) is 4.31. The third kappa shape index (κ3) is 5.88. The van der Waals surface area contributed by atoms with E-state index >= 15 is 0 Å². The molecule has 0 aliphatic carbocycles. The maximum atomic E-state index is 9.39. The molecule has 1 fully saturated rings. The molecule has 1 aliphatic rings. The molecule has 3 N–H and O–H groups in total. The van der Waals surface area contributed by atoms with Crippen molar-refractivity contribution in [1.29, 1.82) is 0 Å². The van der Waals surface area contributed by atoms with Gasteiger partial charge in [0.05, 0.1) is 18.8 Å². The number of nitrogens with zero attached hydrogens (tertiary/aromatic N) is 1. The summed E-state index contributed by atoms with van der Waals surface area (Å²) in [5.74, 6) is 0. The SMILES string of the molecule is C[C@@H](c1ccccc1)N(C)C[C@H]1C[C@@H](c2ccc(CO)cc2)O[C@@H](c2ccc(CN)cc2)O1. The molecule has 3 aromatic rings. The first kappa shape index (κ1) is 23.6. The summed E-state index contributed by atoms with van der Waals surface area (Å²) in [6, 6.07) is 27.0. The molecule has 174 valence electrons. The van der Waals surface area contributed by atoms with Gasteiger partial charge in [-0.1, -0.05) is 78.9 Å². The van der Waals surface area contributed by atoms with E-state index in [2.05, 4.69) is 43.1 Å². The summed E-state index contributed by atoms with van der Waals surface area (Å²) in [5.41, 5.74) is 11.1. The number of aliphatic hydroxyl groups excluding tert-OH is 1. The van der Waals surface area contributed by atoms with E-state index in [4.69, 9.17) is 15.2 Å². The predicted octanol–water partition coefficient (Wildman–Crippen LogP) is 4.88. The number of aliphatic hydroxyl groups is 1. The second-order valence-electron chi connectivity index (χ2n) is 8.82. The Morgan fingerprint density at radius 3 is 2.18 bits per heavy atom. The summed E-state index contributed by atoms with van der Waals surface area (Å²) in [6.45, 7) is 3.57. The van der Waals surface area contributed by atoms with Crippen molar-refractivity contribution in [3.05, 3.63) is 107 Å². The van der Waals surface area contributed by atoms with Crippen LogP contribution in [0.1, 0.15) is 59.6 Å². The van der Waals surface area contributed by atoms with E-state index in [1.165, 1.54) is 5.56 Å². The number of likely N-dealkylation sites (N-methyl/N-ethyl adjacent to an activating group) is 1. The molecule has 0 spiro atoms. The number of hydrogen-bond acceptors (Lipinski definition) is 5. The second-order valence-corrected chi connectivity index (χ2v) is 8.82. The molecule has 3 aromatic carbocycles. The minimum atomic E-state index is -0.446. The van der Waals surface area contributed by atoms with Crippen LogP contribution in [0, 0.1) is 0 Å². The molecule has 0 aromatic heterocycles. The summed E-state index contributed by atoms with van der Waals surface area (Å²) in [7, 11) is 2.15. The van der Waals surface area contributed by atoms with Gasteiger partial charge in [0, 0.05) is 31.1 Å². The van der Waals surface area contributed by atoms with Gasteiger partial charge in [0.1, 0.15) is 0 Å². The summed E-state index contributed by atoms with van der Waals surface area (Å²) >= 11 is 0. The Kier molecular flexibility index (Phi) is 7.91. The fourth-order valence-electron chi connectivity index (χ4n) is 4.31. The maximum absolute atomic E-state index is 9.39. The van der Waals surface area contributed by atoms with E-state index in [0.29, 0.717) is 6.54 Å². The summed E-state index contributed by atoms with van der Waals surface area (Å²) < 4.78 is 12.9. The maximum Gasteiger partial charge on any atom is 0.184 e. The Labute approximate surface area is 196 Å². The molecule has 33 heavy (non-hydrogen) atoms. The Balaban J connectivity index is 1.54. The van der Waals surface area contributed by atoms with Gasteiger partial charge >= 0.3 is 0 Å². The smallest absolute Gasteiger partial charge is 0.184 e. The zero-order valence-corrected chi connectivity index (χ0v) is 19.4. The summed E-state index contributed by atoms with van der Waals surface area (Å²) in [6.07, 6.45) is 0.244. The third-order valence-electron chi connectivity index (χ3n) is 6.54. The Morgan fingerprint density at radius 2 is 1.55 bits per heavy atom. The average molecular weight is 447 g/mol.